The number of rotatable bonds is 4. The summed E-state index contributed by atoms with van der Waals surface area (Å²) >= 11 is 0. The average Bonchev–Trinajstić information content (AvgIpc) is 2.72. The smallest absolute Gasteiger partial charge is 0.163 e. The van der Waals surface area contributed by atoms with E-state index in [-0.39, 0.29) is 6.04 Å². The Kier molecular flexibility index (Phi) is 3.77. The van der Waals surface area contributed by atoms with Gasteiger partial charge in [-0.2, -0.15) is 0 Å². The summed E-state index contributed by atoms with van der Waals surface area (Å²) in [7, 11) is 0. The second kappa shape index (κ2) is 5.31. The number of nitrogens with zero attached hydrogens (tertiary/aromatic N) is 1. The molecule has 0 fully saturated rings. The predicted octanol–water partition coefficient (Wildman–Crippen LogP) is 2.70. The summed E-state index contributed by atoms with van der Waals surface area (Å²) in [6, 6.07) is 8.10. The first-order valence-corrected chi connectivity index (χ1v) is 5.90. The van der Waals surface area contributed by atoms with Gasteiger partial charge in [-0.3, -0.25) is 0 Å². The number of hydrogen-bond donors (Lipinski definition) is 1. The summed E-state index contributed by atoms with van der Waals surface area (Å²) in [6.07, 6.45) is 2.56. The van der Waals surface area contributed by atoms with E-state index in [9.17, 15) is 8.78 Å². The van der Waals surface area contributed by atoms with Crippen LogP contribution in [0.5, 0.6) is 0 Å². The van der Waals surface area contributed by atoms with Crippen LogP contribution in [0.25, 0.3) is 0 Å². The summed E-state index contributed by atoms with van der Waals surface area (Å²) in [6.45, 7) is 2.23. The number of hydrogen-bond acceptors (Lipinski definition) is 1. The second-order valence-electron chi connectivity index (χ2n) is 4.52. The molecule has 1 atom stereocenters. The third kappa shape index (κ3) is 2.76. The van der Waals surface area contributed by atoms with Crippen molar-refractivity contribution in [2.75, 3.05) is 0 Å². The van der Waals surface area contributed by atoms with Gasteiger partial charge < -0.3 is 10.3 Å². The van der Waals surface area contributed by atoms with Crippen LogP contribution in [0.1, 0.15) is 18.2 Å². The molecule has 1 heterocycles. The molecule has 0 saturated carbocycles. The number of benzene rings is 1. The molecule has 0 aliphatic rings. The molecule has 2 rings (SSSR count). The predicted molar refractivity (Wildman–Crippen MR) is 67.2 cm³/mol. The lowest BCUT2D eigenvalue weighted by Gasteiger charge is -2.12. The third-order valence-electron chi connectivity index (χ3n) is 2.83. The highest BCUT2D eigenvalue weighted by Gasteiger charge is 2.10. The Labute approximate surface area is 105 Å². The van der Waals surface area contributed by atoms with E-state index in [4.69, 9.17) is 5.73 Å². The Morgan fingerprint density at radius 3 is 2.72 bits per heavy atom. The Morgan fingerprint density at radius 1 is 1.22 bits per heavy atom. The van der Waals surface area contributed by atoms with Crippen molar-refractivity contribution >= 4 is 0 Å². The molecule has 2 aromatic rings. The molecule has 1 aromatic heterocycles. The average molecular weight is 250 g/mol. The van der Waals surface area contributed by atoms with Crippen molar-refractivity contribution in [3.63, 3.8) is 0 Å². The van der Waals surface area contributed by atoms with Gasteiger partial charge in [0.15, 0.2) is 11.6 Å². The van der Waals surface area contributed by atoms with Gasteiger partial charge in [0.1, 0.15) is 0 Å². The molecular formula is C14H16F2N2. The van der Waals surface area contributed by atoms with Gasteiger partial charge in [-0.05, 0) is 25.1 Å². The van der Waals surface area contributed by atoms with Crippen LogP contribution in [-0.4, -0.2) is 10.6 Å². The topological polar surface area (TPSA) is 30.9 Å². The zero-order valence-corrected chi connectivity index (χ0v) is 10.2. The van der Waals surface area contributed by atoms with Crippen LogP contribution in [0.4, 0.5) is 8.78 Å². The molecule has 1 aromatic carbocycles. The molecule has 0 aliphatic heterocycles. The van der Waals surface area contributed by atoms with Crippen LogP contribution in [0.2, 0.25) is 0 Å². The molecule has 0 amide bonds. The van der Waals surface area contributed by atoms with Crippen LogP contribution < -0.4 is 5.73 Å². The first kappa shape index (κ1) is 12.8. The van der Waals surface area contributed by atoms with Crippen molar-refractivity contribution in [2.24, 2.45) is 5.73 Å². The fraction of sp³-hybridized carbons (Fsp3) is 0.286. The second-order valence-corrected chi connectivity index (χ2v) is 4.52. The number of aromatic nitrogens is 1. The van der Waals surface area contributed by atoms with Crippen LogP contribution in [-0.2, 0) is 13.0 Å². The van der Waals surface area contributed by atoms with Crippen LogP contribution >= 0.6 is 0 Å². The molecule has 0 saturated heterocycles. The van der Waals surface area contributed by atoms with Crippen molar-refractivity contribution < 1.29 is 8.78 Å². The van der Waals surface area contributed by atoms with Gasteiger partial charge >= 0.3 is 0 Å². The largest absolute Gasteiger partial charge is 0.347 e. The molecule has 1 unspecified atom stereocenters. The van der Waals surface area contributed by atoms with Gasteiger partial charge in [0.25, 0.3) is 0 Å². The minimum absolute atomic E-state index is 0.0380. The summed E-state index contributed by atoms with van der Waals surface area (Å²) < 4.78 is 28.6. The Bertz CT molecular complexity index is 532. The number of nitrogens with two attached hydrogens (primary N) is 1. The van der Waals surface area contributed by atoms with Gasteiger partial charge in [-0.15, -0.1) is 0 Å². The van der Waals surface area contributed by atoms with Crippen LogP contribution in [0, 0.1) is 11.6 Å². The molecular weight excluding hydrogens is 234 g/mol. The molecule has 0 spiro atoms. The van der Waals surface area contributed by atoms with Crippen LogP contribution in [0.3, 0.4) is 0 Å². The molecule has 2 N–H and O–H groups in total. The first-order valence-electron chi connectivity index (χ1n) is 5.90. The van der Waals surface area contributed by atoms with E-state index in [1.54, 1.807) is 6.07 Å². The Morgan fingerprint density at radius 2 is 2.00 bits per heavy atom. The SMILES string of the molecule is CC(N)Cc1cccn1Cc1cccc(F)c1F. The van der Waals surface area contributed by atoms with Gasteiger partial charge in [0, 0.05) is 29.9 Å². The molecule has 4 heteroatoms. The zero-order chi connectivity index (χ0) is 13.1. The lowest BCUT2D eigenvalue weighted by Crippen LogP contribution is -2.20. The monoisotopic (exact) mass is 250 g/mol. The van der Waals surface area contributed by atoms with E-state index < -0.39 is 11.6 Å². The van der Waals surface area contributed by atoms with E-state index in [2.05, 4.69) is 0 Å². The minimum Gasteiger partial charge on any atom is -0.347 e. The lowest BCUT2D eigenvalue weighted by atomic mass is 10.1. The summed E-state index contributed by atoms with van der Waals surface area (Å²) in [5.41, 5.74) is 7.12. The van der Waals surface area contributed by atoms with Gasteiger partial charge in [0.2, 0.25) is 0 Å². The molecule has 18 heavy (non-hydrogen) atoms. The maximum Gasteiger partial charge on any atom is 0.163 e. The minimum atomic E-state index is -0.812. The van der Waals surface area contributed by atoms with Gasteiger partial charge in [-0.1, -0.05) is 12.1 Å². The van der Waals surface area contributed by atoms with E-state index in [0.29, 0.717) is 18.5 Å². The molecule has 96 valence electrons. The van der Waals surface area contributed by atoms with Gasteiger partial charge in [-0.25, -0.2) is 8.78 Å². The maximum absolute atomic E-state index is 13.6. The van der Waals surface area contributed by atoms with Crippen molar-refractivity contribution in [1.29, 1.82) is 0 Å². The Balaban J connectivity index is 2.24. The normalized spacial score (nSPS) is 12.7. The molecule has 2 nitrogen and oxygen atoms in total. The highest BCUT2D eigenvalue weighted by Crippen LogP contribution is 2.15. The van der Waals surface area contributed by atoms with Crippen molar-refractivity contribution in [3.8, 4) is 0 Å². The van der Waals surface area contributed by atoms with E-state index in [1.165, 1.54) is 6.07 Å². The quantitative estimate of drug-likeness (QED) is 0.888. The lowest BCUT2D eigenvalue weighted by molar-refractivity contribution is 0.494. The van der Waals surface area contributed by atoms with E-state index in [0.717, 1.165) is 11.8 Å². The zero-order valence-electron chi connectivity index (χ0n) is 10.2. The fourth-order valence-corrected chi connectivity index (χ4v) is 1.97. The maximum atomic E-state index is 13.6. The van der Waals surface area contributed by atoms with Crippen molar-refractivity contribution in [1.82, 2.24) is 4.57 Å². The van der Waals surface area contributed by atoms with Crippen molar-refractivity contribution in [2.45, 2.75) is 25.9 Å². The summed E-state index contributed by atoms with van der Waals surface area (Å²) in [5, 5.41) is 0. The highest BCUT2D eigenvalue weighted by molar-refractivity contribution is 5.21. The molecule has 0 bridgehead atoms. The van der Waals surface area contributed by atoms with Crippen molar-refractivity contribution in [3.05, 3.63) is 59.4 Å². The van der Waals surface area contributed by atoms with E-state index >= 15 is 0 Å². The molecule has 0 aliphatic carbocycles. The summed E-state index contributed by atoms with van der Waals surface area (Å²) in [4.78, 5) is 0. The standard InChI is InChI=1S/C14H16F2N2/c1-10(17)8-12-5-3-7-18(12)9-11-4-2-6-13(15)14(11)16/h2-7,10H,8-9,17H2,1H3. The molecule has 0 radical (unpaired) electrons. The summed E-state index contributed by atoms with van der Waals surface area (Å²) in [5.74, 6) is -1.59. The van der Waals surface area contributed by atoms with E-state index in [1.807, 2.05) is 29.8 Å². The fourth-order valence-electron chi connectivity index (χ4n) is 1.97. The number of halogens is 2. The Hall–Kier alpha value is -1.68. The first-order chi connectivity index (χ1) is 8.58. The van der Waals surface area contributed by atoms with Crippen LogP contribution in [0.15, 0.2) is 36.5 Å². The highest BCUT2D eigenvalue weighted by atomic mass is 19.2. The third-order valence-corrected chi connectivity index (χ3v) is 2.83. The van der Waals surface area contributed by atoms with Gasteiger partial charge in [0.05, 0.1) is 6.54 Å².